The van der Waals surface area contributed by atoms with Crippen LogP contribution < -0.4 is 0 Å². The van der Waals surface area contributed by atoms with E-state index >= 15 is 0 Å². The Kier molecular flexibility index (Phi) is 7.94. The number of carbonyl (C=O) groups is 2. The zero-order chi connectivity index (χ0) is 28.6. The average Bonchev–Trinajstić information content (AvgIpc) is 3.36. The Morgan fingerprint density at radius 3 is 2.21 bits per heavy atom. The Morgan fingerprint density at radius 1 is 0.949 bits per heavy atom. The van der Waals surface area contributed by atoms with Crippen LogP contribution in [0.25, 0.3) is 21.8 Å². The van der Waals surface area contributed by atoms with Crippen LogP contribution in [0.1, 0.15) is 62.8 Å². The van der Waals surface area contributed by atoms with Crippen molar-refractivity contribution in [3.63, 3.8) is 0 Å². The highest BCUT2D eigenvalue weighted by Gasteiger charge is 2.42. The number of esters is 2. The van der Waals surface area contributed by atoms with Crippen LogP contribution in [0.2, 0.25) is 0 Å². The first-order chi connectivity index (χ1) is 18.4. The number of rotatable bonds is 5. The molecule has 0 saturated heterocycles. The van der Waals surface area contributed by atoms with Gasteiger partial charge in [-0.05, 0) is 61.4 Å². The number of benzene rings is 2. The van der Waals surface area contributed by atoms with Gasteiger partial charge in [0.05, 0.1) is 25.5 Å². The van der Waals surface area contributed by atoms with E-state index in [1.54, 1.807) is 25.2 Å². The van der Waals surface area contributed by atoms with Gasteiger partial charge < -0.3 is 9.47 Å². The maximum atomic E-state index is 12.9. The van der Waals surface area contributed by atoms with Gasteiger partial charge in [-0.15, -0.1) is 11.3 Å². The molecular weight excluding hydrogens is 508 g/mol. The molecule has 0 aliphatic carbocycles. The number of allylic oxidation sites excluding steroid dienone is 1. The topological polar surface area (TPSA) is 77.8 Å². The Balaban J connectivity index is 1.79. The molecule has 2 aromatic carbocycles. The van der Waals surface area contributed by atoms with Gasteiger partial charge in [0.15, 0.2) is 0 Å². The molecule has 0 N–H and O–H groups in total. The summed E-state index contributed by atoms with van der Waals surface area (Å²) in [6.07, 6.45) is 0. The Morgan fingerprint density at radius 2 is 1.62 bits per heavy atom. The van der Waals surface area contributed by atoms with E-state index in [1.165, 1.54) is 30.9 Å². The van der Waals surface area contributed by atoms with Crippen molar-refractivity contribution in [3.05, 3.63) is 75.3 Å². The zero-order valence-corrected chi connectivity index (χ0v) is 24.9. The van der Waals surface area contributed by atoms with Crippen LogP contribution >= 0.6 is 11.3 Å². The van der Waals surface area contributed by atoms with E-state index in [9.17, 15) is 9.59 Å². The van der Waals surface area contributed by atoms with Crippen molar-refractivity contribution in [3.8, 4) is 21.8 Å². The van der Waals surface area contributed by atoms with Crippen molar-refractivity contribution in [1.29, 1.82) is 0 Å². The van der Waals surface area contributed by atoms with Crippen LogP contribution in [-0.2, 0) is 24.5 Å². The monoisotopic (exact) mass is 544 g/mol. The molecule has 39 heavy (non-hydrogen) atoms. The molecule has 1 aliphatic rings. The highest BCUT2D eigenvalue weighted by Crippen LogP contribution is 2.42. The van der Waals surface area contributed by atoms with Crippen LogP contribution in [-0.4, -0.2) is 36.9 Å². The lowest BCUT2D eigenvalue weighted by molar-refractivity contribution is -0.143. The van der Waals surface area contributed by atoms with Gasteiger partial charge in [-0.3, -0.25) is 9.79 Å². The van der Waals surface area contributed by atoms with Crippen LogP contribution in [0, 0.1) is 19.8 Å². The first-order valence-corrected chi connectivity index (χ1v) is 13.8. The Labute approximate surface area is 234 Å². The van der Waals surface area contributed by atoms with Gasteiger partial charge >= 0.3 is 11.9 Å². The minimum absolute atomic E-state index is 0.0712. The summed E-state index contributed by atoms with van der Waals surface area (Å²) in [4.78, 5) is 35.3. The average molecular weight is 545 g/mol. The van der Waals surface area contributed by atoms with E-state index in [1.807, 2.05) is 24.3 Å². The fraction of sp³-hybridized carbons (Fsp3) is 0.375. The van der Waals surface area contributed by atoms with Crippen LogP contribution in [0.4, 0.5) is 0 Å². The standard InChI is InChI=1S/C32H36N2O4S/c1-17-13-23(32(5,6)7)14-18(2)25(17)24-16-39-29(34-24)22-12-10-11-21(15-22)28-26(30(35)37-8)19(3)33-20(4)27(28)31(36)38-9/h10-16,26,28H,1-9H3. The van der Waals surface area contributed by atoms with Gasteiger partial charge in [-0.1, -0.05) is 51.1 Å². The molecule has 4 rings (SSSR count). The van der Waals surface area contributed by atoms with Gasteiger partial charge in [-0.25, -0.2) is 9.78 Å². The largest absolute Gasteiger partial charge is 0.468 e. The van der Waals surface area contributed by atoms with Crippen molar-refractivity contribution in [1.82, 2.24) is 4.98 Å². The molecule has 204 valence electrons. The first-order valence-electron chi connectivity index (χ1n) is 13.0. The minimum atomic E-state index is -0.735. The predicted molar refractivity (Wildman–Crippen MR) is 157 cm³/mol. The number of thiazole rings is 1. The third-order valence-electron chi connectivity index (χ3n) is 7.34. The molecular formula is C32H36N2O4S. The number of methoxy groups -OCH3 is 2. The lowest BCUT2D eigenvalue weighted by Gasteiger charge is -2.31. The van der Waals surface area contributed by atoms with Crippen molar-refractivity contribution < 1.29 is 19.1 Å². The SMILES string of the molecule is COC(=O)C1=C(C)N=C(C)C(C(=O)OC)C1c1cccc(-c2nc(-c3c(C)cc(C(C)(C)C)cc3C)cs2)c1. The first kappa shape index (κ1) is 28.4. The summed E-state index contributed by atoms with van der Waals surface area (Å²) in [5.41, 5.74) is 9.08. The fourth-order valence-electron chi connectivity index (χ4n) is 5.39. The summed E-state index contributed by atoms with van der Waals surface area (Å²) in [6.45, 7) is 14.5. The number of aliphatic imine (C=N–C) groups is 1. The second-order valence-corrected chi connectivity index (χ2v) is 12.0. The van der Waals surface area contributed by atoms with Crippen LogP contribution in [0.5, 0.6) is 0 Å². The summed E-state index contributed by atoms with van der Waals surface area (Å²) in [5, 5.41) is 2.95. The number of aryl methyl sites for hydroxylation is 2. The van der Waals surface area contributed by atoms with Crippen molar-refractivity contribution in [2.45, 2.75) is 59.8 Å². The summed E-state index contributed by atoms with van der Waals surface area (Å²) in [5.74, 6) is -2.27. The molecule has 1 aliphatic heterocycles. The second-order valence-electron chi connectivity index (χ2n) is 11.1. The predicted octanol–water partition coefficient (Wildman–Crippen LogP) is 7.19. The summed E-state index contributed by atoms with van der Waals surface area (Å²) in [7, 11) is 2.69. The van der Waals surface area contributed by atoms with E-state index in [4.69, 9.17) is 14.5 Å². The summed E-state index contributed by atoms with van der Waals surface area (Å²) in [6, 6.07) is 12.4. The molecule has 3 aromatic rings. The van der Waals surface area contributed by atoms with E-state index in [0.29, 0.717) is 17.0 Å². The summed E-state index contributed by atoms with van der Waals surface area (Å²) < 4.78 is 10.2. The molecule has 0 bridgehead atoms. The Bertz CT molecular complexity index is 1480. The molecule has 6 nitrogen and oxygen atoms in total. The quantitative estimate of drug-likeness (QED) is 0.318. The number of hydrogen-bond donors (Lipinski definition) is 0. The molecule has 1 aromatic heterocycles. The maximum absolute atomic E-state index is 12.9. The lowest BCUT2D eigenvalue weighted by atomic mass is 9.75. The normalized spacial score (nSPS) is 17.6. The van der Waals surface area contributed by atoms with Gasteiger partial charge in [0.2, 0.25) is 0 Å². The molecule has 2 unspecified atom stereocenters. The van der Waals surface area contributed by atoms with Crippen LogP contribution in [0.3, 0.4) is 0 Å². The highest BCUT2D eigenvalue weighted by molar-refractivity contribution is 7.13. The lowest BCUT2D eigenvalue weighted by Crippen LogP contribution is -2.36. The number of carbonyl (C=O) groups excluding carboxylic acids is 2. The van der Waals surface area contributed by atoms with E-state index in [-0.39, 0.29) is 5.41 Å². The Hall–Kier alpha value is -3.58. The third-order valence-corrected chi connectivity index (χ3v) is 8.23. The zero-order valence-electron chi connectivity index (χ0n) is 24.1. The van der Waals surface area contributed by atoms with Crippen LogP contribution in [0.15, 0.2) is 58.0 Å². The van der Waals surface area contributed by atoms with Gasteiger partial charge in [0.1, 0.15) is 10.9 Å². The molecule has 0 amide bonds. The van der Waals surface area contributed by atoms with E-state index < -0.39 is 23.8 Å². The van der Waals surface area contributed by atoms with E-state index in [2.05, 4.69) is 57.1 Å². The fourth-order valence-corrected chi connectivity index (χ4v) is 6.20. The molecule has 2 heterocycles. The number of ether oxygens (including phenoxy) is 2. The van der Waals surface area contributed by atoms with Gasteiger partial charge in [-0.2, -0.15) is 0 Å². The number of hydrogen-bond acceptors (Lipinski definition) is 7. The van der Waals surface area contributed by atoms with Gasteiger partial charge in [0, 0.05) is 33.8 Å². The van der Waals surface area contributed by atoms with Crippen molar-refractivity contribution in [2.75, 3.05) is 14.2 Å². The van der Waals surface area contributed by atoms with Gasteiger partial charge in [0.25, 0.3) is 0 Å². The van der Waals surface area contributed by atoms with E-state index in [0.717, 1.165) is 27.4 Å². The van der Waals surface area contributed by atoms with Crippen molar-refractivity contribution >= 4 is 29.0 Å². The third kappa shape index (κ3) is 5.46. The molecule has 2 atom stereocenters. The minimum Gasteiger partial charge on any atom is -0.468 e. The molecule has 0 spiro atoms. The number of aromatic nitrogens is 1. The highest BCUT2D eigenvalue weighted by atomic mass is 32.1. The second kappa shape index (κ2) is 10.9. The van der Waals surface area contributed by atoms with Crippen molar-refractivity contribution in [2.24, 2.45) is 10.9 Å². The maximum Gasteiger partial charge on any atom is 0.336 e. The summed E-state index contributed by atoms with van der Waals surface area (Å²) >= 11 is 1.57. The molecule has 0 fully saturated rings. The molecule has 0 radical (unpaired) electrons. The smallest absolute Gasteiger partial charge is 0.336 e. The number of nitrogens with zero attached hydrogens (tertiary/aromatic N) is 2. The molecule has 0 saturated carbocycles. The molecule has 7 heteroatoms.